The molecular formula is C13H13Cl. The third kappa shape index (κ3) is 2.94. The number of halogens is 1. The van der Waals surface area contributed by atoms with Crippen molar-refractivity contribution in [2.75, 3.05) is 0 Å². The fraction of sp³-hybridized carbons (Fsp3) is 0.231. The summed E-state index contributed by atoms with van der Waals surface area (Å²) in [6.45, 7) is 5.69. The fourth-order valence-corrected chi connectivity index (χ4v) is 1.48. The van der Waals surface area contributed by atoms with Crippen LogP contribution in [-0.4, -0.2) is 0 Å². The Labute approximate surface area is 90.6 Å². The van der Waals surface area contributed by atoms with Gasteiger partial charge in [0.1, 0.15) is 0 Å². The van der Waals surface area contributed by atoms with Crippen LogP contribution in [0.1, 0.15) is 24.5 Å². The predicted octanol–water partition coefficient (Wildman–Crippen LogP) is 3.83. The van der Waals surface area contributed by atoms with E-state index in [-0.39, 0.29) is 0 Å². The summed E-state index contributed by atoms with van der Waals surface area (Å²) in [4.78, 5) is 0. The van der Waals surface area contributed by atoms with E-state index >= 15 is 0 Å². The van der Waals surface area contributed by atoms with Gasteiger partial charge in [0.2, 0.25) is 0 Å². The molecule has 0 aliphatic carbocycles. The fourth-order valence-electron chi connectivity index (χ4n) is 1.23. The van der Waals surface area contributed by atoms with Crippen LogP contribution >= 0.6 is 11.6 Å². The minimum atomic E-state index is 0.727. The summed E-state index contributed by atoms with van der Waals surface area (Å²) in [6.07, 6.45) is 3.76. The van der Waals surface area contributed by atoms with Crippen molar-refractivity contribution >= 4 is 11.6 Å². The number of rotatable bonds is 2. The standard InChI is InChI=1S/C13H13Cl/c1-3-5-7-12-9-8-11(6-4-2)10-13(12)14/h3,8-10H,1,4,6H2,2H3. The zero-order valence-electron chi connectivity index (χ0n) is 8.31. The Morgan fingerprint density at radius 1 is 1.50 bits per heavy atom. The number of hydrogen-bond donors (Lipinski definition) is 0. The second-order valence-electron chi connectivity index (χ2n) is 3.04. The van der Waals surface area contributed by atoms with E-state index in [2.05, 4.69) is 31.4 Å². The van der Waals surface area contributed by atoms with Crippen LogP contribution in [0.5, 0.6) is 0 Å². The number of allylic oxidation sites excluding steroid dienone is 1. The van der Waals surface area contributed by atoms with E-state index in [9.17, 15) is 0 Å². The minimum Gasteiger partial charge on any atom is -0.0906 e. The van der Waals surface area contributed by atoms with Crippen molar-refractivity contribution in [3.63, 3.8) is 0 Å². The lowest BCUT2D eigenvalue weighted by molar-refractivity contribution is 0.922. The van der Waals surface area contributed by atoms with Crippen LogP contribution in [0.4, 0.5) is 0 Å². The molecule has 0 bridgehead atoms. The van der Waals surface area contributed by atoms with Crippen LogP contribution in [0.25, 0.3) is 0 Å². The average Bonchev–Trinajstić information content (AvgIpc) is 2.17. The van der Waals surface area contributed by atoms with Gasteiger partial charge in [-0.3, -0.25) is 0 Å². The van der Waals surface area contributed by atoms with Crippen LogP contribution in [0, 0.1) is 11.8 Å². The molecular weight excluding hydrogens is 192 g/mol. The van der Waals surface area contributed by atoms with Gasteiger partial charge in [-0.25, -0.2) is 0 Å². The molecule has 0 atom stereocenters. The first-order chi connectivity index (χ1) is 6.77. The SMILES string of the molecule is C=CC#Cc1ccc(CCC)cc1Cl. The average molecular weight is 205 g/mol. The second-order valence-corrected chi connectivity index (χ2v) is 3.44. The Hall–Kier alpha value is -1.19. The molecule has 1 aromatic rings. The zero-order valence-corrected chi connectivity index (χ0v) is 9.06. The second kappa shape index (κ2) is 5.52. The summed E-state index contributed by atoms with van der Waals surface area (Å²) in [7, 11) is 0. The van der Waals surface area contributed by atoms with Crippen molar-refractivity contribution in [3.05, 3.63) is 47.0 Å². The summed E-state index contributed by atoms with van der Waals surface area (Å²) in [5.74, 6) is 5.72. The first kappa shape index (κ1) is 10.9. The maximum Gasteiger partial charge on any atom is 0.0565 e. The van der Waals surface area contributed by atoms with E-state index < -0.39 is 0 Å². The molecule has 0 heterocycles. The lowest BCUT2D eigenvalue weighted by Gasteiger charge is -2.00. The Bertz CT molecular complexity index is 380. The van der Waals surface area contributed by atoms with E-state index in [0.717, 1.165) is 23.4 Å². The highest BCUT2D eigenvalue weighted by Gasteiger charge is 1.98. The summed E-state index contributed by atoms with van der Waals surface area (Å²) in [6, 6.07) is 6.02. The largest absolute Gasteiger partial charge is 0.0906 e. The molecule has 1 aromatic carbocycles. The molecule has 0 saturated heterocycles. The normalized spacial score (nSPS) is 9.00. The molecule has 1 rings (SSSR count). The molecule has 0 nitrogen and oxygen atoms in total. The van der Waals surface area contributed by atoms with Crippen molar-refractivity contribution in [3.8, 4) is 11.8 Å². The topological polar surface area (TPSA) is 0 Å². The summed E-state index contributed by atoms with van der Waals surface area (Å²) in [5.41, 5.74) is 2.13. The van der Waals surface area contributed by atoms with Gasteiger partial charge < -0.3 is 0 Å². The molecule has 0 spiro atoms. The highest BCUT2D eigenvalue weighted by molar-refractivity contribution is 6.31. The number of benzene rings is 1. The van der Waals surface area contributed by atoms with E-state index in [0.29, 0.717) is 0 Å². The Balaban J connectivity index is 2.95. The molecule has 1 heteroatoms. The van der Waals surface area contributed by atoms with Gasteiger partial charge in [0.15, 0.2) is 0 Å². The van der Waals surface area contributed by atoms with E-state index in [4.69, 9.17) is 11.6 Å². The van der Waals surface area contributed by atoms with Gasteiger partial charge in [0.25, 0.3) is 0 Å². The highest BCUT2D eigenvalue weighted by atomic mass is 35.5. The Morgan fingerprint density at radius 2 is 2.29 bits per heavy atom. The van der Waals surface area contributed by atoms with Gasteiger partial charge in [-0.2, -0.15) is 0 Å². The Morgan fingerprint density at radius 3 is 2.86 bits per heavy atom. The summed E-state index contributed by atoms with van der Waals surface area (Å²) in [5, 5.41) is 0.727. The van der Waals surface area contributed by atoms with Crippen molar-refractivity contribution < 1.29 is 0 Å². The van der Waals surface area contributed by atoms with Crippen LogP contribution in [0.2, 0.25) is 5.02 Å². The molecule has 0 radical (unpaired) electrons. The Kier molecular flexibility index (Phi) is 4.29. The molecule has 0 aliphatic rings. The third-order valence-corrected chi connectivity index (χ3v) is 2.19. The van der Waals surface area contributed by atoms with Crippen molar-refractivity contribution in [2.24, 2.45) is 0 Å². The number of aryl methyl sites for hydroxylation is 1. The molecule has 0 aliphatic heterocycles. The van der Waals surface area contributed by atoms with Gasteiger partial charge >= 0.3 is 0 Å². The van der Waals surface area contributed by atoms with Gasteiger partial charge in [0.05, 0.1) is 5.02 Å². The van der Waals surface area contributed by atoms with E-state index in [1.165, 1.54) is 5.56 Å². The molecule has 0 aromatic heterocycles. The lowest BCUT2D eigenvalue weighted by atomic mass is 10.1. The van der Waals surface area contributed by atoms with Gasteiger partial charge in [0, 0.05) is 5.56 Å². The minimum absolute atomic E-state index is 0.727. The smallest absolute Gasteiger partial charge is 0.0565 e. The molecule has 72 valence electrons. The highest BCUT2D eigenvalue weighted by Crippen LogP contribution is 2.17. The maximum absolute atomic E-state index is 6.06. The van der Waals surface area contributed by atoms with E-state index in [1.54, 1.807) is 6.08 Å². The molecule has 0 fully saturated rings. The van der Waals surface area contributed by atoms with Crippen LogP contribution < -0.4 is 0 Å². The van der Waals surface area contributed by atoms with Gasteiger partial charge in [-0.05, 0) is 30.2 Å². The third-order valence-electron chi connectivity index (χ3n) is 1.88. The van der Waals surface area contributed by atoms with E-state index in [1.807, 2.05) is 12.1 Å². The molecule has 0 saturated carbocycles. The molecule has 0 amide bonds. The predicted molar refractivity (Wildman–Crippen MR) is 62.5 cm³/mol. The van der Waals surface area contributed by atoms with Crippen LogP contribution in [-0.2, 0) is 6.42 Å². The van der Waals surface area contributed by atoms with Crippen molar-refractivity contribution in [1.82, 2.24) is 0 Å². The summed E-state index contributed by atoms with van der Waals surface area (Å²) >= 11 is 6.06. The number of hydrogen-bond acceptors (Lipinski definition) is 0. The van der Waals surface area contributed by atoms with Crippen LogP contribution in [0.3, 0.4) is 0 Å². The summed E-state index contributed by atoms with van der Waals surface area (Å²) < 4.78 is 0. The van der Waals surface area contributed by atoms with Gasteiger partial charge in [-0.1, -0.05) is 49.4 Å². The van der Waals surface area contributed by atoms with Crippen molar-refractivity contribution in [1.29, 1.82) is 0 Å². The molecule has 0 N–H and O–H groups in total. The van der Waals surface area contributed by atoms with Crippen molar-refractivity contribution in [2.45, 2.75) is 19.8 Å². The quantitative estimate of drug-likeness (QED) is 0.643. The first-order valence-electron chi connectivity index (χ1n) is 4.68. The van der Waals surface area contributed by atoms with Gasteiger partial charge in [-0.15, -0.1) is 0 Å². The van der Waals surface area contributed by atoms with Crippen LogP contribution in [0.15, 0.2) is 30.9 Å². The monoisotopic (exact) mass is 204 g/mol. The maximum atomic E-state index is 6.06. The zero-order chi connectivity index (χ0) is 10.4. The first-order valence-corrected chi connectivity index (χ1v) is 5.06. The molecule has 0 unspecified atom stereocenters. The lowest BCUT2D eigenvalue weighted by Crippen LogP contribution is -1.85. The molecule has 14 heavy (non-hydrogen) atoms.